The molecule has 1 aromatic carbocycles. The molecule has 0 spiro atoms. The van der Waals surface area contributed by atoms with E-state index in [0.29, 0.717) is 5.39 Å². The van der Waals surface area contributed by atoms with E-state index in [1.54, 1.807) is 24.5 Å². The molecule has 0 unspecified atom stereocenters. The molecule has 1 heterocycles. The molecule has 1 aromatic heterocycles. The highest BCUT2D eigenvalue weighted by Gasteiger charge is 1.96. The van der Waals surface area contributed by atoms with E-state index >= 15 is 0 Å². The maximum atomic E-state index is 13.0. The van der Waals surface area contributed by atoms with Gasteiger partial charge in [0.2, 0.25) is 0 Å². The third kappa shape index (κ3) is 0.963. The number of hydrogen-bond acceptors (Lipinski definition) is 1. The molecule has 11 heavy (non-hydrogen) atoms. The van der Waals surface area contributed by atoms with Gasteiger partial charge < -0.3 is 0 Å². The van der Waals surface area contributed by atoms with Crippen LogP contribution in [0.2, 0.25) is 0 Å². The Morgan fingerprint density at radius 2 is 2.09 bits per heavy atom. The van der Waals surface area contributed by atoms with Crippen LogP contribution >= 0.6 is 0 Å². The predicted molar refractivity (Wildman–Crippen MR) is 41.7 cm³/mol. The summed E-state index contributed by atoms with van der Waals surface area (Å²) in [6.07, 6.45) is 3.24. The molecule has 0 aliphatic carbocycles. The molecule has 0 radical (unpaired) electrons. The molecule has 54 valence electrons. The Hall–Kier alpha value is -1.44. The summed E-state index contributed by atoms with van der Waals surface area (Å²) in [5, 5.41) is 1.47. The fourth-order valence-electron chi connectivity index (χ4n) is 1.08. The second-order valence-corrected chi connectivity index (χ2v) is 2.34. The van der Waals surface area contributed by atoms with Gasteiger partial charge in [0.1, 0.15) is 5.82 Å². The van der Waals surface area contributed by atoms with Gasteiger partial charge in [0, 0.05) is 23.2 Å². The molecule has 0 atom stereocenters. The molecular formula is C9H6FN. The van der Waals surface area contributed by atoms with Crippen molar-refractivity contribution in [3.63, 3.8) is 0 Å². The third-order valence-corrected chi connectivity index (χ3v) is 1.63. The van der Waals surface area contributed by atoms with Crippen molar-refractivity contribution in [3.05, 3.63) is 42.5 Å². The lowest BCUT2D eigenvalue weighted by Crippen LogP contribution is -1.78. The van der Waals surface area contributed by atoms with E-state index in [-0.39, 0.29) is 5.82 Å². The SMILES string of the molecule is Fc1cccc2cnccc12. The molecule has 0 aliphatic rings. The lowest BCUT2D eigenvalue weighted by molar-refractivity contribution is 0.640. The Balaban J connectivity index is 2.91. The van der Waals surface area contributed by atoms with Crippen molar-refractivity contribution in [3.8, 4) is 0 Å². The monoisotopic (exact) mass is 147 g/mol. The molecule has 0 saturated carbocycles. The van der Waals surface area contributed by atoms with Crippen molar-refractivity contribution < 1.29 is 4.39 Å². The van der Waals surface area contributed by atoms with Gasteiger partial charge in [0.25, 0.3) is 0 Å². The summed E-state index contributed by atoms with van der Waals surface area (Å²) >= 11 is 0. The molecule has 0 saturated heterocycles. The normalized spacial score (nSPS) is 10.3. The van der Waals surface area contributed by atoms with Crippen LogP contribution in [0.4, 0.5) is 4.39 Å². The number of hydrogen-bond donors (Lipinski definition) is 0. The smallest absolute Gasteiger partial charge is 0.131 e. The maximum Gasteiger partial charge on any atom is 0.131 e. The zero-order valence-corrected chi connectivity index (χ0v) is 5.79. The van der Waals surface area contributed by atoms with Gasteiger partial charge in [-0.15, -0.1) is 0 Å². The minimum Gasteiger partial charge on any atom is -0.264 e. The second kappa shape index (κ2) is 2.31. The minimum atomic E-state index is -0.190. The van der Waals surface area contributed by atoms with Gasteiger partial charge >= 0.3 is 0 Å². The lowest BCUT2D eigenvalue weighted by atomic mass is 10.2. The highest BCUT2D eigenvalue weighted by molar-refractivity contribution is 5.81. The van der Waals surface area contributed by atoms with Crippen LogP contribution in [0.25, 0.3) is 10.8 Å². The largest absolute Gasteiger partial charge is 0.264 e. The number of nitrogens with zero attached hydrogens (tertiary/aromatic N) is 1. The Bertz CT molecular complexity index is 379. The van der Waals surface area contributed by atoms with Crippen LogP contribution in [0, 0.1) is 5.82 Å². The van der Waals surface area contributed by atoms with Crippen LogP contribution in [0.1, 0.15) is 0 Å². The van der Waals surface area contributed by atoms with Crippen LogP contribution in [0.15, 0.2) is 36.7 Å². The number of pyridine rings is 1. The van der Waals surface area contributed by atoms with E-state index in [4.69, 9.17) is 0 Å². The first kappa shape index (κ1) is 6.28. The molecule has 0 aliphatic heterocycles. The van der Waals surface area contributed by atoms with Crippen molar-refractivity contribution in [2.24, 2.45) is 0 Å². The van der Waals surface area contributed by atoms with Gasteiger partial charge in [0.15, 0.2) is 0 Å². The topological polar surface area (TPSA) is 12.9 Å². The highest BCUT2D eigenvalue weighted by Crippen LogP contribution is 2.14. The molecule has 0 fully saturated rings. The first-order chi connectivity index (χ1) is 5.38. The number of benzene rings is 1. The summed E-state index contributed by atoms with van der Waals surface area (Å²) in [5.41, 5.74) is 0. The van der Waals surface area contributed by atoms with Crippen molar-refractivity contribution in [1.82, 2.24) is 4.98 Å². The van der Waals surface area contributed by atoms with Gasteiger partial charge in [0.05, 0.1) is 0 Å². The number of aromatic nitrogens is 1. The van der Waals surface area contributed by atoms with Crippen LogP contribution in [-0.4, -0.2) is 4.98 Å². The average Bonchev–Trinajstić information content (AvgIpc) is 2.06. The van der Waals surface area contributed by atoms with Crippen LogP contribution in [-0.2, 0) is 0 Å². The highest BCUT2D eigenvalue weighted by atomic mass is 19.1. The average molecular weight is 147 g/mol. The van der Waals surface area contributed by atoms with Crippen LogP contribution in [0.5, 0.6) is 0 Å². The van der Waals surface area contributed by atoms with Crippen molar-refractivity contribution in [2.45, 2.75) is 0 Å². The van der Waals surface area contributed by atoms with Crippen molar-refractivity contribution in [2.75, 3.05) is 0 Å². The Morgan fingerprint density at radius 3 is 2.91 bits per heavy atom. The van der Waals surface area contributed by atoms with E-state index in [1.807, 2.05) is 6.07 Å². The molecule has 0 N–H and O–H groups in total. The number of rotatable bonds is 0. The molecular weight excluding hydrogens is 141 g/mol. The zero-order chi connectivity index (χ0) is 7.68. The standard InChI is InChI=1S/C9H6FN/c10-9-3-1-2-7-6-11-5-4-8(7)9/h1-6H. The fraction of sp³-hybridized carbons (Fsp3) is 0. The van der Waals surface area contributed by atoms with E-state index in [9.17, 15) is 4.39 Å². The van der Waals surface area contributed by atoms with Gasteiger partial charge in [-0.05, 0) is 12.1 Å². The summed E-state index contributed by atoms with van der Waals surface area (Å²) < 4.78 is 13.0. The summed E-state index contributed by atoms with van der Waals surface area (Å²) in [4.78, 5) is 3.89. The first-order valence-electron chi connectivity index (χ1n) is 3.36. The molecule has 0 bridgehead atoms. The summed E-state index contributed by atoms with van der Waals surface area (Å²) in [7, 11) is 0. The minimum absolute atomic E-state index is 0.190. The first-order valence-corrected chi connectivity index (χ1v) is 3.36. The molecule has 1 nitrogen and oxygen atoms in total. The zero-order valence-electron chi connectivity index (χ0n) is 5.79. The van der Waals surface area contributed by atoms with Crippen LogP contribution in [0.3, 0.4) is 0 Å². The van der Waals surface area contributed by atoms with Gasteiger partial charge in [-0.1, -0.05) is 12.1 Å². The number of halogens is 1. The number of fused-ring (bicyclic) bond motifs is 1. The Labute approximate surface area is 63.5 Å². The molecule has 2 aromatic rings. The fourth-order valence-corrected chi connectivity index (χ4v) is 1.08. The summed E-state index contributed by atoms with van der Waals surface area (Å²) in [5.74, 6) is -0.190. The van der Waals surface area contributed by atoms with Crippen LogP contribution < -0.4 is 0 Å². The van der Waals surface area contributed by atoms with E-state index in [0.717, 1.165) is 5.39 Å². The predicted octanol–water partition coefficient (Wildman–Crippen LogP) is 2.37. The third-order valence-electron chi connectivity index (χ3n) is 1.63. The van der Waals surface area contributed by atoms with Gasteiger partial charge in [-0.3, -0.25) is 4.98 Å². The lowest BCUT2D eigenvalue weighted by Gasteiger charge is -1.95. The van der Waals surface area contributed by atoms with Gasteiger partial charge in [-0.2, -0.15) is 0 Å². The molecule has 2 rings (SSSR count). The second-order valence-electron chi connectivity index (χ2n) is 2.34. The maximum absolute atomic E-state index is 13.0. The molecule has 0 amide bonds. The van der Waals surface area contributed by atoms with Gasteiger partial charge in [-0.25, -0.2) is 4.39 Å². The van der Waals surface area contributed by atoms with E-state index in [2.05, 4.69) is 4.98 Å². The Kier molecular flexibility index (Phi) is 1.32. The Morgan fingerprint density at radius 1 is 1.18 bits per heavy atom. The van der Waals surface area contributed by atoms with Crippen molar-refractivity contribution in [1.29, 1.82) is 0 Å². The summed E-state index contributed by atoms with van der Waals surface area (Å²) in [6.45, 7) is 0. The van der Waals surface area contributed by atoms with Crippen molar-refractivity contribution >= 4 is 10.8 Å². The van der Waals surface area contributed by atoms with E-state index < -0.39 is 0 Å². The quantitative estimate of drug-likeness (QED) is 0.557. The van der Waals surface area contributed by atoms with E-state index in [1.165, 1.54) is 6.07 Å². The summed E-state index contributed by atoms with van der Waals surface area (Å²) in [6, 6.07) is 6.64. The molecule has 2 heteroatoms.